The summed E-state index contributed by atoms with van der Waals surface area (Å²) in [4.78, 5) is 0. The lowest BCUT2D eigenvalue weighted by atomic mass is 9.95. The number of aromatic nitrogens is 2. The van der Waals surface area contributed by atoms with Gasteiger partial charge in [0.1, 0.15) is 18.6 Å². The largest absolute Gasteiger partial charge is 0.390 e. The molecule has 0 radical (unpaired) electrons. The number of nitrogens with zero attached hydrogens (tertiary/aromatic N) is 2. The van der Waals surface area contributed by atoms with Crippen LogP contribution in [-0.2, 0) is 17.0 Å². The molecule has 5 aromatic rings. The first-order valence-electron chi connectivity index (χ1n) is 11.5. The number of aliphatic hydroxyl groups excluding tert-OH is 3. The van der Waals surface area contributed by atoms with E-state index in [9.17, 15) is 15.3 Å². The van der Waals surface area contributed by atoms with E-state index in [0.717, 1.165) is 54.7 Å². The molecule has 0 saturated carbocycles. The van der Waals surface area contributed by atoms with Crippen LogP contribution in [0.15, 0.2) is 48.5 Å². The molecule has 3 aliphatic rings. The second kappa shape index (κ2) is 5.75. The quantitative estimate of drug-likeness (QED) is 0.296. The van der Waals surface area contributed by atoms with Crippen molar-refractivity contribution in [2.45, 2.75) is 50.3 Å². The van der Waals surface area contributed by atoms with Crippen LogP contribution in [-0.4, -0.2) is 36.7 Å². The first-order valence-corrected chi connectivity index (χ1v) is 11.5. The van der Waals surface area contributed by atoms with E-state index >= 15 is 0 Å². The van der Waals surface area contributed by atoms with Gasteiger partial charge in [0, 0.05) is 40.1 Å². The van der Waals surface area contributed by atoms with Crippen molar-refractivity contribution in [3.05, 3.63) is 59.7 Å². The van der Waals surface area contributed by atoms with Gasteiger partial charge in [0.15, 0.2) is 5.72 Å². The molecule has 0 amide bonds. The number of hydrogen-bond donors (Lipinski definition) is 4. The summed E-state index contributed by atoms with van der Waals surface area (Å²) in [6.07, 6.45) is -2.95. The Kier molecular flexibility index (Phi) is 3.22. The molecule has 0 aliphatic carbocycles. The standard InChI is InChI=1S/C26H23N3O4/c1-26-24(31)17(30)10-18(33-26)28-15-8-4-2-6-12(15)19-14-11-27-25(32)21(14)20-13-7-3-5-9-16(13)29(26)23(20)22(19)28/h2-9,17-18,24-25,27,30-32H,10-11H2,1H3. The molecule has 3 aliphatic heterocycles. The van der Waals surface area contributed by atoms with E-state index in [1.54, 1.807) is 0 Å². The average molecular weight is 441 g/mol. The number of benzene rings is 3. The summed E-state index contributed by atoms with van der Waals surface area (Å²) >= 11 is 0. The van der Waals surface area contributed by atoms with Crippen molar-refractivity contribution in [1.82, 2.24) is 14.5 Å². The van der Waals surface area contributed by atoms with E-state index < -0.39 is 30.4 Å². The van der Waals surface area contributed by atoms with Crippen molar-refractivity contribution in [3.8, 4) is 0 Å². The van der Waals surface area contributed by atoms with E-state index in [1.165, 1.54) is 0 Å². The van der Waals surface area contributed by atoms with Crippen LogP contribution < -0.4 is 5.32 Å². The van der Waals surface area contributed by atoms with Gasteiger partial charge < -0.3 is 29.2 Å². The molecular formula is C26H23N3O4. The van der Waals surface area contributed by atoms with Crippen LogP contribution in [0, 0.1) is 0 Å². The first-order chi connectivity index (χ1) is 16.0. The van der Waals surface area contributed by atoms with Gasteiger partial charge in [0.25, 0.3) is 0 Å². The maximum Gasteiger partial charge on any atom is 0.173 e. The lowest BCUT2D eigenvalue weighted by Crippen LogP contribution is -2.55. The Morgan fingerprint density at radius 1 is 0.939 bits per heavy atom. The van der Waals surface area contributed by atoms with Crippen LogP contribution in [0.2, 0.25) is 0 Å². The maximum atomic E-state index is 11.3. The van der Waals surface area contributed by atoms with E-state index in [0.29, 0.717) is 13.0 Å². The third-order valence-corrected chi connectivity index (χ3v) is 8.11. The highest BCUT2D eigenvalue weighted by Crippen LogP contribution is 2.54. The van der Waals surface area contributed by atoms with Gasteiger partial charge in [-0.05, 0) is 24.6 Å². The fourth-order valence-corrected chi connectivity index (χ4v) is 6.80. The first kappa shape index (κ1) is 18.5. The highest BCUT2D eigenvalue weighted by molar-refractivity contribution is 6.25. The van der Waals surface area contributed by atoms with Crippen molar-refractivity contribution < 1.29 is 20.1 Å². The number of fused-ring (bicyclic) bond motifs is 13. The van der Waals surface area contributed by atoms with Gasteiger partial charge in [-0.25, -0.2) is 0 Å². The molecule has 1 saturated heterocycles. The highest BCUT2D eigenvalue weighted by atomic mass is 16.6. The number of para-hydroxylation sites is 2. The zero-order chi connectivity index (χ0) is 22.2. The third kappa shape index (κ3) is 1.93. The van der Waals surface area contributed by atoms with Gasteiger partial charge in [-0.3, -0.25) is 5.32 Å². The Morgan fingerprint density at radius 2 is 1.64 bits per heavy atom. The number of ether oxygens (including phenoxy) is 1. The SMILES string of the molecule is CC12OC(CC(O)C1O)n1c3ccccc3c3c4c(c5c6ccccc6n2c5c31)C(O)NC4. The van der Waals surface area contributed by atoms with E-state index in [1.807, 2.05) is 37.3 Å². The normalized spacial score (nSPS) is 30.7. The molecule has 33 heavy (non-hydrogen) atoms. The van der Waals surface area contributed by atoms with Crippen LogP contribution in [0.5, 0.6) is 0 Å². The lowest BCUT2D eigenvalue weighted by molar-refractivity contribution is -0.272. The van der Waals surface area contributed by atoms with Crippen LogP contribution in [0.3, 0.4) is 0 Å². The second-order valence-corrected chi connectivity index (χ2v) is 9.74. The minimum Gasteiger partial charge on any atom is -0.390 e. The fraction of sp³-hybridized carbons (Fsp3) is 0.308. The number of aliphatic hydroxyl groups is 3. The lowest BCUT2D eigenvalue weighted by Gasteiger charge is -2.45. The molecule has 5 heterocycles. The minimum absolute atomic E-state index is 0.298. The Balaban J connectivity index is 1.76. The van der Waals surface area contributed by atoms with Gasteiger partial charge in [-0.2, -0.15) is 0 Å². The molecule has 7 nitrogen and oxygen atoms in total. The van der Waals surface area contributed by atoms with Crippen LogP contribution in [0.4, 0.5) is 0 Å². The molecule has 4 N–H and O–H groups in total. The van der Waals surface area contributed by atoms with Crippen LogP contribution >= 0.6 is 0 Å². The molecule has 2 aromatic heterocycles. The summed E-state index contributed by atoms with van der Waals surface area (Å²) in [5, 5.41) is 40.8. The molecule has 2 bridgehead atoms. The molecule has 8 rings (SSSR count). The molecule has 166 valence electrons. The third-order valence-electron chi connectivity index (χ3n) is 8.11. The molecule has 5 unspecified atom stereocenters. The van der Waals surface area contributed by atoms with E-state index in [2.05, 4.69) is 32.7 Å². The molecule has 3 aromatic carbocycles. The van der Waals surface area contributed by atoms with Gasteiger partial charge >= 0.3 is 0 Å². The summed E-state index contributed by atoms with van der Waals surface area (Å²) in [7, 11) is 0. The molecule has 5 atom stereocenters. The van der Waals surface area contributed by atoms with Gasteiger partial charge in [0.2, 0.25) is 0 Å². The number of rotatable bonds is 0. The highest BCUT2D eigenvalue weighted by Gasteiger charge is 2.52. The molecule has 1 fully saturated rings. The zero-order valence-corrected chi connectivity index (χ0v) is 18.0. The predicted octanol–water partition coefficient (Wildman–Crippen LogP) is 3.32. The van der Waals surface area contributed by atoms with Crippen molar-refractivity contribution in [1.29, 1.82) is 0 Å². The van der Waals surface area contributed by atoms with Crippen molar-refractivity contribution >= 4 is 43.6 Å². The number of nitrogens with one attached hydrogen (secondary N) is 1. The molecule has 0 spiro atoms. The smallest absolute Gasteiger partial charge is 0.173 e. The summed E-state index contributed by atoms with van der Waals surface area (Å²) in [6.45, 7) is 2.44. The van der Waals surface area contributed by atoms with E-state index in [-0.39, 0.29) is 0 Å². The maximum absolute atomic E-state index is 11.3. The molecule has 7 heteroatoms. The van der Waals surface area contributed by atoms with Gasteiger partial charge in [-0.1, -0.05) is 36.4 Å². The van der Waals surface area contributed by atoms with Crippen molar-refractivity contribution in [2.75, 3.05) is 0 Å². The Labute approximate surface area is 188 Å². The number of hydrogen-bond acceptors (Lipinski definition) is 5. The second-order valence-electron chi connectivity index (χ2n) is 9.74. The summed E-state index contributed by atoms with van der Waals surface area (Å²) in [5.74, 6) is 0. The monoisotopic (exact) mass is 441 g/mol. The summed E-state index contributed by atoms with van der Waals surface area (Å²) in [6, 6.07) is 16.3. The van der Waals surface area contributed by atoms with Crippen LogP contribution in [0.25, 0.3) is 43.6 Å². The Hall–Kier alpha value is -2.94. The zero-order valence-electron chi connectivity index (χ0n) is 18.0. The predicted molar refractivity (Wildman–Crippen MR) is 125 cm³/mol. The van der Waals surface area contributed by atoms with Crippen LogP contribution in [0.1, 0.15) is 36.9 Å². The van der Waals surface area contributed by atoms with Crippen molar-refractivity contribution in [2.24, 2.45) is 0 Å². The topological polar surface area (TPSA) is 91.8 Å². The Bertz CT molecular complexity index is 1670. The van der Waals surface area contributed by atoms with Gasteiger partial charge in [-0.15, -0.1) is 0 Å². The summed E-state index contributed by atoms with van der Waals surface area (Å²) in [5.41, 5.74) is 4.72. The molecular weight excluding hydrogens is 418 g/mol. The summed E-state index contributed by atoms with van der Waals surface area (Å²) < 4.78 is 11.0. The average Bonchev–Trinajstić information content (AvgIpc) is 3.45. The van der Waals surface area contributed by atoms with Crippen molar-refractivity contribution in [3.63, 3.8) is 0 Å². The Morgan fingerprint density at radius 3 is 2.42 bits per heavy atom. The van der Waals surface area contributed by atoms with E-state index in [4.69, 9.17) is 4.74 Å². The fourth-order valence-electron chi connectivity index (χ4n) is 6.80. The van der Waals surface area contributed by atoms with Gasteiger partial charge in [0.05, 0.1) is 28.2 Å². The minimum atomic E-state index is -1.18.